The number of halogens is 3. The van der Waals surface area contributed by atoms with E-state index in [0.717, 1.165) is 24.7 Å². The van der Waals surface area contributed by atoms with Crippen molar-refractivity contribution in [3.05, 3.63) is 0 Å². The molecule has 0 amide bonds. The van der Waals surface area contributed by atoms with Crippen molar-refractivity contribution in [3.63, 3.8) is 0 Å². The van der Waals surface area contributed by atoms with Crippen molar-refractivity contribution >= 4 is 0 Å². The second-order valence-corrected chi connectivity index (χ2v) is 6.12. The Morgan fingerprint density at radius 3 is 1.72 bits per heavy atom. The van der Waals surface area contributed by atoms with Crippen LogP contribution in [-0.2, 0) is 4.74 Å². The zero-order chi connectivity index (χ0) is 13.2. The van der Waals surface area contributed by atoms with E-state index in [1.54, 1.807) is 0 Å². The minimum Gasteiger partial charge on any atom is -0.289 e. The van der Waals surface area contributed by atoms with Crippen LogP contribution in [0.1, 0.15) is 61.1 Å². The van der Waals surface area contributed by atoms with E-state index >= 15 is 0 Å². The monoisotopic (exact) mass is 268 g/mol. The smallest absolute Gasteiger partial charge is 0.289 e. The highest BCUT2D eigenvalue weighted by Gasteiger charge is 2.37. The summed E-state index contributed by atoms with van der Waals surface area (Å²) < 4.78 is 40.5. The van der Waals surface area contributed by atoms with Crippen molar-refractivity contribution < 1.29 is 20.8 Å². The molecular weight excluding hydrogens is 241 g/mol. The van der Waals surface area contributed by atoms with Crippen LogP contribution in [0.2, 0.25) is 0 Å². The van der Waals surface area contributed by atoms with Gasteiger partial charge in [0.25, 0.3) is 0 Å². The van der Waals surface area contributed by atoms with Crippen LogP contribution in [0.25, 0.3) is 0 Å². The third kappa shape index (κ3) is 4.15. The average Bonchev–Trinajstić information content (AvgIpc) is 2.29. The molecule has 2 aliphatic carbocycles. The number of alkyl halides is 3. The number of rotatable bonds is 2. The Balaban J connectivity index is 0.00000180. The highest BCUT2D eigenvalue weighted by Crippen LogP contribution is 2.41. The first kappa shape index (κ1) is 14.2. The van der Waals surface area contributed by atoms with Gasteiger partial charge in [-0.05, 0) is 56.3 Å². The fourth-order valence-corrected chi connectivity index (χ4v) is 3.62. The Hall–Kier alpha value is -0.250. The Bertz CT molecular complexity index is 258. The van der Waals surface area contributed by atoms with E-state index in [1.807, 2.05) is 0 Å². The highest BCUT2D eigenvalue weighted by molar-refractivity contribution is 4.81. The van der Waals surface area contributed by atoms with Crippen molar-refractivity contribution in [2.45, 2.75) is 70.8 Å². The van der Waals surface area contributed by atoms with Gasteiger partial charge in [0.05, 0.1) is 6.10 Å². The van der Waals surface area contributed by atoms with Crippen molar-refractivity contribution in [1.29, 1.82) is 0 Å². The quantitative estimate of drug-likeness (QED) is 0.651. The topological polar surface area (TPSA) is 9.23 Å². The van der Waals surface area contributed by atoms with E-state index < -0.39 is 12.5 Å². The second-order valence-electron chi connectivity index (χ2n) is 6.12. The molecule has 0 heterocycles. The van der Waals surface area contributed by atoms with Crippen LogP contribution in [0.3, 0.4) is 0 Å². The molecule has 0 bridgehead atoms. The molecule has 0 radical (unpaired) electrons. The lowest BCUT2D eigenvalue weighted by molar-refractivity contribution is -0.346. The molecule has 2 rings (SSSR count). The van der Waals surface area contributed by atoms with E-state index in [-0.39, 0.29) is 2.85 Å². The van der Waals surface area contributed by atoms with E-state index in [1.165, 1.54) is 25.7 Å². The lowest BCUT2D eigenvalue weighted by Gasteiger charge is -2.37. The second kappa shape index (κ2) is 5.81. The van der Waals surface area contributed by atoms with E-state index in [4.69, 9.17) is 0 Å². The summed E-state index contributed by atoms with van der Waals surface area (Å²) in [6.45, 7) is 2.30. The fraction of sp³-hybridized carbons (Fsp3) is 1.00. The normalized spacial score (nSPS) is 38.7. The summed E-state index contributed by atoms with van der Waals surface area (Å²) >= 11 is 0. The molecule has 1 nitrogen and oxygen atoms in total. The summed E-state index contributed by atoms with van der Waals surface area (Å²) in [7, 11) is 0. The van der Waals surface area contributed by atoms with Crippen LogP contribution < -0.4 is 0 Å². The molecule has 2 saturated carbocycles. The maximum atomic E-state index is 12.1. The van der Waals surface area contributed by atoms with Gasteiger partial charge in [-0.15, -0.1) is 13.2 Å². The first-order valence-electron chi connectivity index (χ1n) is 7.18. The van der Waals surface area contributed by atoms with E-state index in [2.05, 4.69) is 11.7 Å². The van der Waals surface area contributed by atoms with Gasteiger partial charge in [0, 0.05) is 2.85 Å². The van der Waals surface area contributed by atoms with Crippen LogP contribution in [0.15, 0.2) is 0 Å². The molecule has 0 aromatic heterocycles. The molecule has 4 heteroatoms. The van der Waals surface area contributed by atoms with Gasteiger partial charge in [-0.3, -0.25) is 4.74 Å². The molecule has 18 heavy (non-hydrogen) atoms. The summed E-state index contributed by atoms with van der Waals surface area (Å²) in [6, 6.07) is 0. The standard InChI is InChI=1S/C14H23F3O.2H2/c1-10-2-4-11(5-3-10)12-6-8-13(9-7-12)18-14(15,16)17;;/h10-13H,2-9H2,1H3;2*1H. The zero-order valence-electron chi connectivity index (χ0n) is 11.0. The van der Waals surface area contributed by atoms with Gasteiger partial charge in [-0.1, -0.05) is 19.8 Å². The molecule has 2 fully saturated rings. The molecule has 0 N–H and O–H groups in total. The molecule has 2 aliphatic rings. The van der Waals surface area contributed by atoms with Gasteiger partial charge in [-0.2, -0.15) is 0 Å². The van der Waals surface area contributed by atoms with E-state index in [0.29, 0.717) is 18.8 Å². The highest BCUT2D eigenvalue weighted by atomic mass is 19.4. The summed E-state index contributed by atoms with van der Waals surface area (Å²) in [5.41, 5.74) is 0. The fourth-order valence-electron chi connectivity index (χ4n) is 3.62. The summed E-state index contributed by atoms with van der Waals surface area (Å²) in [4.78, 5) is 0. The molecule has 0 aliphatic heterocycles. The maximum absolute atomic E-state index is 12.1. The third-order valence-electron chi connectivity index (χ3n) is 4.75. The number of hydrogen-bond acceptors (Lipinski definition) is 1. The first-order chi connectivity index (χ1) is 8.44. The minimum absolute atomic E-state index is 0. The maximum Gasteiger partial charge on any atom is 0.522 e. The molecular formula is C14H27F3O. The van der Waals surface area contributed by atoms with Crippen molar-refractivity contribution in [1.82, 2.24) is 0 Å². The van der Waals surface area contributed by atoms with Gasteiger partial charge in [0.15, 0.2) is 0 Å². The Kier molecular flexibility index (Phi) is 4.57. The Morgan fingerprint density at radius 1 is 0.833 bits per heavy atom. The van der Waals surface area contributed by atoms with Crippen LogP contribution in [-0.4, -0.2) is 12.5 Å². The van der Waals surface area contributed by atoms with Gasteiger partial charge in [0.2, 0.25) is 0 Å². The SMILES string of the molecule is CC1CCC(C2CCC(OC(F)(F)F)CC2)CC1.[HH].[HH]. The lowest BCUT2D eigenvalue weighted by atomic mass is 9.71. The average molecular weight is 268 g/mol. The predicted molar refractivity (Wildman–Crippen MR) is 68.2 cm³/mol. The Morgan fingerprint density at radius 2 is 1.28 bits per heavy atom. The van der Waals surface area contributed by atoms with Gasteiger partial charge >= 0.3 is 6.36 Å². The summed E-state index contributed by atoms with van der Waals surface area (Å²) in [6.07, 6.45) is 3.08. The molecule has 0 spiro atoms. The van der Waals surface area contributed by atoms with Crippen LogP contribution in [0.4, 0.5) is 13.2 Å². The molecule has 0 unspecified atom stereocenters. The largest absolute Gasteiger partial charge is 0.522 e. The predicted octanol–water partition coefficient (Wildman–Crippen LogP) is 5.40. The van der Waals surface area contributed by atoms with Gasteiger partial charge in [0.1, 0.15) is 0 Å². The number of ether oxygens (including phenoxy) is 1. The van der Waals surface area contributed by atoms with Gasteiger partial charge in [-0.25, -0.2) is 0 Å². The Labute approximate surface area is 110 Å². The molecule has 0 aromatic carbocycles. The lowest BCUT2D eigenvalue weighted by Crippen LogP contribution is -2.31. The molecule has 0 aromatic rings. The summed E-state index contributed by atoms with van der Waals surface area (Å²) in [5.74, 6) is 2.24. The third-order valence-corrected chi connectivity index (χ3v) is 4.75. The first-order valence-corrected chi connectivity index (χ1v) is 7.18. The van der Waals surface area contributed by atoms with Crippen molar-refractivity contribution in [2.75, 3.05) is 0 Å². The molecule has 0 saturated heterocycles. The van der Waals surface area contributed by atoms with Crippen molar-refractivity contribution in [2.24, 2.45) is 17.8 Å². The van der Waals surface area contributed by atoms with Crippen LogP contribution >= 0.6 is 0 Å². The molecule has 110 valence electrons. The van der Waals surface area contributed by atoms with Crippen LogP contribution in [0.5, 0.6) is 0 Å². The van der Waals surface area contributed by atoms with E-state index in [9.17, 15) is 13.2 Å². The number of hydrogen-bond donors (Lipinski definition) is 0. The minimum atomic E-state index is -4.46. The summed E-state index contributed by atoms with van der Waals surface area (Å²) in [5, 5.41) is 0. The zero-order valence-corrected chi connectivity index (χ0v) is 11.0. The van der Waals surface area contributed by atoms with Crippen LogP contribution in [0, 0.1) is 17.8 Å². The molecule has 0 atom stereocenters. The van der Waals surface area contributed by atoms with Crippen molar-refractivity contribution in [3.8, 4) is 0 Å². The van der Waals surface area contributed by atoms with Gasteiger partial charge < -0.3 is 0 Å².